The van der Waals surface area contributed by atoms with Crippen LogP contribution in [-0.4, -0.2) is 83.8 Å². The van der Waals surface area contributed by atoms with Gasteiger partial charge in [0.2, 0.25) is 0 Å². The monoisotopic (exact) mass is 506 g/mol. The lowest BCUT2D eigenvalue weighted by Gasteiger charge is -2.39. The molecule has 1 aliphatic heterocycles. The highest BCUT2D eigenvalue weighted by atomic mass is 32.2. The molecule has 1 N–H and O–H groups in total. The van der Waals surface area contributed by atoms with Crippen molar-refractivity contribution in [2.75, 3.05) is 44.6 Å². The number of thiazole rings is 1. The molecule has 3 heterocycles. The molecule has 0 unspecified atom stereocenters. The average Bonchev–Trinajstić information content (AvgIpc) is 3.20. The summed E-state index contributed by atoms with van der Waals surface area (Å²) < 4.78 is 18.3. The molecule has 2 aromatic rings. The number of carbonyl (C=O) groups is 2. The molecule has 0 saturated carbocycles. The maximum absolute atomic E-state index is 13.6. The van der Waals surface area contributed by atoms with Gasteiger partial charge in [0.15, 0.2) is 0 Å². The van der Waals surface area contributed by atoms with E-state index < -0.39 is 18.8 Å². The highest BCUT2D eigenvalue weighted by molar-refractivity contribution is 8.02. The van der Waals surface area contributed by atoms with E-state index in [9.17, 15) is 14.0 Å². The first kappa shape index (κ1) is 25.6. The number of nitrogens with zero attached hydrogens (tertiary/aromatic N) is 5. The lowest BCUT2D eigenvalue weighted by Crippen LogP contribution is -2.57. The number of pyridine rings is 1. The Balaban J connectivity index is 1.55. The normalized spacial score (nSPS) is 16.4. The molecule has 0 radical (unpaired) electrons. The summed E-state index contributed by atoms with van der Waals surface area (Å²) in [7, 11) is 1.28. The van der Waals surface area contributed by atoms with Crippen LogP contribution in [0.3, 0.4) is 0 Å². The molecule has 182 valence electrons. The standard InChI is InChI=1S/C22H27FN6O3S2/c1-14-20(34-15(2)27-14)18(24-3)12-33-13-26-19-6-5-16(10-25-19)21(30)29-8-7-28(22(31)32-4)11-17(29)9-23/h5-6,10,12,17H,3,7-9,11,13H2,1-2,4H3,(H,25,26)/b18-12-/t17-/m1/s1. The van der Waals surface area contributed by atoms with Gasteiger partial charge in [-0.3, -0.25) is 9.79 Å². The van der Waals surface area contributed by atoms with Gasteiger partial charge in [-0.1, -0.05) is 0 Å². The van der Waals surface area contributed by atoms with Crippen LogP contribution in [0.15, 0.2) is 28.7 Å². The van der Waals surface area contributed by atoms with Gasteiger partial charge in [-0.15, -0.1) is 23.1 Å². The van der Waals surface area contributed by atoms with Crippen LogP contribution in [0, 0.1) is 13.8 Å². The summed E-state index contributed by atoms with van der Waals surface area (Å²) >= 11 is 3.08. The van der Waals surface area contributed by atoms with E-state index in [2.05, 4.69) is 27.0 Å². The Kier molecular flexibility index (Phi) is 8.99. The van der Waals surface area contributed by atoms with Crippen molar-refractivity contribution in [2.24, 2.45) is 4.99 Å². The van der Waals surface area contributed by atoms with E-state index in [0.29, 0.717) is 17.3 Å². The Bertz CT molecular complexity index is 1060. The van der Waals surface area contributed by atoms with Gasteiger partial charge >= 0.3 is 6.09 Å². The number of methoxy groups -OCH3 is 1. The quantitative estimate of drug-likeness (QED) is 0.330. The molecule has 3 rings (SSSR count). The number of anilines is 1. The first-order chi connectivity index (χ1) is 16.4. The molecule has 0 spiro atoms. The molecule has 1 fully saturated rings. The van der Waals surface area contributed by atoms with E-state index in [4.69, 9.17) is 4.74 Å². The predicted octanol–water partition coefficient (Wildman–Crippen LogP) is 3.82. The molecule has 1 aliphatic rings. The van der Waals surface area contributed by atoms with Gasteiger partial charge in [0.1, 0.15) is 12.5 Å². The molecule has 34 heavy (non-hydrogen) atoms. The molecule has 9 nitrogen and oxygen atoms in total. The highest BCUT2D eigenvalue weighted by Gasteiger charge is 2.33. The minimum atomic E-state index is -0.751. The molecule has 0 aromatic carbocycles. The fraction of sp³-hybridized carbons (Fsp3) is 0.409. The van der Waals surface area contributed by atoms with Crippen molar-refractivity contribution < 1.29 is 18.7 Å². The minimum absolute atomic E-state index is 0.0922. The number of hydrogen-bond acceptors (Lipinski definition) is 9. The van der Waals surface area contributed by atoms with Crippen molar-refractivity contribution in [1.82, 2.24) is 19.8 Å². The van der Waals surface area contributed by atoms with E-state index >= 15 is 0 Å². The van der Waals surface area contributed by atoms with Crippen molar-refractivity contribution in [3.8, 4) is 0 Å². The van der Waals surface area contributed by atoms with Crippen LogP contribution < -0.4 is 5.32 Å². The van der Waals surface area contributed by atoms with Crippen molar-refractivity contribution in [3.05, 3.63) is 44.9 Å². The molecule has 0 bridgehead atoms. The van der Waals surface area contributed by atoms with Crippen LogP contribution in [0.5, 0.6) is 0 Å². The Morgan fingerprint density at radius 1 is 1.41 bits per heavy atom. The molecular formula is C22H27FN6O3S2. The number of amides is 2. The molecule has 2 amide bonds. The zero-order chi connectivity index (χ0) is 24.7. The smallest absolute Gasteiger partial charge is 0.409 e. The summed E-state index contributed by atoms with van der Waals surface area (Å²) in [4.78, 5) is 41.3. The maximum atomic E-state index is 13.6. The number of alkyl halides is 1. The number of hydrogen-bond donors (Lipinski definition) is 1. The van der Waals surface area contributed by atoms with Crippen LogP contribution >= 0.6 is 23.1 Å². The fourth-order valence-electron chi connectivity index (χ4n) is 3.51. The number of carbonyl (C=O) groups excluding carboxylic acids is 2. The number of piperazine rings is 1. The largest absolute Gasteiger partial charge is 0.453 e. The third-order valence-electron chi connectivity index (χ3n) is 5.20. The summed E-state index contributed by atoms with van der Waals surface area (Å²) in [6, 6.07) is 2.64. The van der Waals surface area contributed by atoms with Crippen molar-refractivity contribution in [3.63, 3.8) is 0 Å². The zero-order valence-electron chi connectivity index (χ0n) is 19.3. The topological polar surface area (TPSA) is 100 Å². The summed E-state index contributed by atoms with van der Waals surface area (Å²) in [6.45, 7) is 7.40. The Hall–Kier alpha value is -2.99. The Labute approximate surface area is 206 Å². The number of rotatable bonds is 8. The second kappa shape index (κ2) is 11.9. The second-order valence-electron chi connectivity index (χ2n) is 7.45. The second-order valence-corrected chi connectivity index (χ2v) is 9.51. The lowest BCUT2D eigenvalue weighted by atomic mass is 10.1. The third kappa shape index (κ3) is 6.11. The van der Waals surface area contributed by atoms with E-state index in [-0.39, 0.29) is 25.5 Å². The SMILES string of the molecule is C=N/C(=C\SCNc1ccc(C(=O)N2CCN(C(=O)OC)C[C@H]2CF)cn1)c1sc(C)nc1C. The van der Waals surface area contributed by atoms with Gasteiger partial charge in [0, 0.05) is 25.8 Å². The van der Waals surface area contributed by atoms with Crippen LogP contribution in [0.25, 0.3) is 5.70 Å². The van der Waals surface area contributed by atoms with Crippen LogP contribution in [0.2, 0.25) is 0 Å². The van der Waals surface area contributed by atoms with Gasteiger partial charge in [0.05, 0.1) is 45.9 Å². The number of aryl methyl sites for hydroxylation is 2. The minimum Gasteiger partial charge on any atom is -0.453 e. The van der Waals surface area contributed by atoms with E-state index in [1.165, 1.54) is 34.9 Å². The van der Waals surface area contributed by atoms with Crippen LogP contribution in [0.1, 0.15) is 25.9 Å². The molecule has 1 atom stereocenters. The lowest BCUT2D eigenvalue weighted by molar-refractivity contribution is 0.0368. The third-order valence-corrected chi connectivity index (χ3v) is 7.00. The van der Waals surface area contributed by atoms with Gasteiger partial charge in [-0.2, -0.15) is 0 Å². The van der Waals surface area contributed by atoms with Gasteiger partial charge in [0.25, 0.3) is 5.91 Å². The van der Waals surface area contributed by atoms with E-state index in [1.54, 1.807) is 23.5 Å². The Morgan fingerprint density at radius 2 is 2.21 bits per heavy atom. The predicted molar refractivity (Wildman–Crippen MR) is 134 cm³/mol. The summed E-state index contributed by atoms with van der Waals surface area (Å²) in [5.74, 6) is 0.823. The molecule has 1 saturated heterocycles. The summed E-state index contributed by atoms with van der Waals surface area (Å²) in [5, 5.41) is 6.07. The number of ether oxygens (including phenoxy) is 1. The summed E-state index contributed by atoms with van der Waals surface area (Å²) in [6.07, 6.45) is 0.941. The van der Waals surface area contributed by atoms with Crippen LogP contribution in [-0.2, 0) is 4.74 Å². The molecule has 0 aliphatic carbocycles. The molecular weight excluding hydrogens is 479 g/mol. The number of halogens is 1. The number of aliphatic imine (C=N–C) groups is 1. The van der Waals surface area contributed by atoms with E-state index in [0.717, 1.165) is 21.3 Å². The maximum Gasteiger partial charge on any atom is 0.409 e. The van der Waals surface area contributed by atoms with Crippen LogP contribution in [0.4, 0.5) is 15.0 Å². The van der Waals surface area contributed by atoms with E-state index in [1.807, 2.05) is 19.3 Å². The molecule has 12 heteroatoms. The average molecular weight is 507 g/mol. The first-order valence-electron chi connectivity index (χ1n) is 10.5. The Morgan fingerprint density at radius 3 is 2.79 bits per heavy atom. The van der Waals surface area contributed by atoms with Crippen molar-refractivity contribution >= 4 is 53.3 Å². The number of aromatic nitrogens is 2. The fourth-order valence-corrected chi connectivity index (χ4v) is 5.15. The van der Waals surface area contributed by atoms with Crippen molar-refractivity contribution in [1.29, 1.82) is 0 Å². The zero-order valence-corrected chi connectivity index (χ0v) is 20.9. The van der Waals surface area contributed by atoms with Crippen molar-refractivity contribution in [2.45, 2.75) is 19.9 Å². The summed E-state index contributed by atoms with van der Waals surface area (Å²) in [5.41, 5.74) is 2.06. The number of thioether (sulfide) groups is 1. The first-order valence-corrected chi connectivity index (χ1v) is 12.4. The molecule has 2 aromatic heterocycles. The number of nitrogens with one attached hydrogen (secondary N) is 1. The van der Waals surface area contributed by atoms with Gasteiger partial charge < -0.3 is 19.9 Å². The highest BCUT2D eigenvalue weighted by Crippen LogP contribution is 2.28. The van der Waals surface area contributed by atoms with Gasteiger partial charge in [-0.25, -0.2) is 19.2 Å². The van der Waals surface area contributed by atoms with Gasteiger partial charge in [-0.05, 0) is 38.1 Å².